The van der Waals surface area contributed by atoms with Gasteiger partial charge in [-0.2, -0.15) is 9.41 Å². The number of nitrogens with zero attached hydrogens (tertiary/aromatic N) is 3. The van der Waals surface area contributed by atoms with E-state index in [0.29, 0.717) is 18.1 Å². The molecule has 0 saturated heterocycles. The van der Waals surface area contributed by atoms with Gasteiger partial charge in [0, 0.05) is 34.2 Å². The molecule has 0 aliphatic heterocycles. The molecule has 0 saturated carbocycles. The fraction of sp³-hybridized carbons (Fsp3) is 0.226. The van der Waals surface area contributed by atoms with Gasteiger partial charge in [0.25, 0.3) is 5.91 Å². The molecule has 1 heterocycles. The molecule has 8 nitrogen and oxygen atoms in total. The van der Waals surface area contributed by atoms with Gasteiger partial charge in [-0.15, -0.1) is 0 Å². The van der Waals surface area contributed by atoms with Crippen LogP contribution in [0, 0.1) is 13.8 Å². The van der Waals surface area contributed by atoms with Crippen LogP contribution in [-0.2, 0) is 21.2 Å². The lowest BCUT2D eigenvalue weighted by Crippen LogP contribution is -2.40. The summed E-state index contributed by atoms with van der Waals surface area (Å²) in [6, 6.07) is 25.2. The van der Waals surface area contributed by atoms with Gasteiger partial charge in [-0.25, -0.2) is 13.8 Å². The van der Waals surface area contributed by atoms with E-state index in [1.54, 1.807) is 6.21 Å². The number of halogens is 1. The Morgan fingerprint density at radius 3 is 2.37 bits per heavy atom. The standard InChI is InChI=1S/C31H33ClN4O4S/c1-4-40-29-14-12-28(13-15-29)36-23(2)20-26(24(36)3)21-33-34-31(37)22-35(19-18-25-8-6-5-7-9-25)41(38,39)30-16-10-27(32)11-17-30/h5-17,20-21H,4,18-19,22H2,1-3H3,(H,34,37)/b33-21+. The number of benzene rings is 3. The van der Waals surface area contributed by atoms with E-state index in [1.165, 1.54) is 24.3 Å². The first-order chi connectivity index (χ1) is 19.7. The van der Waals surface area contributed by atoms with Gasteiger partial charge in [-0.05, 0) is 87.4 Å². The van der Waals surface area contributed by atoms with E-state index in [1.807, 2.05) is 81.4 Å². The van der Waals surface area contributed by atoms with E-state index in [-0.39, 0.29) is 18.0 Å². The maximum atomic E-state index is 13.4. The van der Waals surface area contributed by atoms with Gasteiger partial charge in [-0.1, -0.05) is 41.9 Å². The maximum Gasteiger partial charge on any atom is 0.255 e. The fourth-order valence-corrected chi connectivity index (χ4v) is 6.00. The highest BCUT2D eigenvalue weighted by atomic mass is 35.5. The Balaban J connectivity index is 1.47. The largest absolute Gasteiger partial charge is 0.494 e. The zero-order valence-corrected chi connectivity index (χ0v) is 24.8. The Bertz CT molecular complexity index is 1600. The lowest BCUT2D eigenvalue weighted by molar-refractivity contribution is -0.121. The Kier molecular flexibility index (Phi) is 9.99. The van der Waals surface area contributed by atoms with E-state index < -0.39 is 15.9 Å². The predicted molar refractivity (Wildman–Crippen MR) is 163 cm³/mol. The zero-order valence-electron chi connectivity index (χ0n) is 23.2. The van der Waals surface area contributed by atoms with Crippen LogP contribution in [0.25, 0.3) is 5.69 Å². The van der Waals surface area contributed by atoms with Crippen LogP contribution in [0.5, 0.6) is 5.75 Å². The van der Waals surface area contributed by atoms with Crippen LogP contribution in [0.3, 0.4) is 0 Å². The molecule has 4 aromatic rings. The summed E-state index contributed by atoms with van der Waals surface area (Å²) in [7, 11) is -3.96. The molecule has 1 N–H and O–H groups in total. The molecule has 0 aliphatic carbocycles. The van der Waals surface area contributed by atoms with Crippen molar-refractivity contribution in [1.82, 2.24) is 14.3 Å². The molecule has 41 heavy (non-hydrogen) atoms. The molecule has 0 aliphatic rings. The Morgan fingerprint density at radius 2 is 1.71 bits per heavy atom. The van der Waals surface area contributed by atoms with Crippen molar-refractivity contribution in [3.05, 3.63) is 112 Å². The summed E-state index contributed by atoms with van der Waals surface area (Å²) in [4.78, 5) is 12.9. The lowest BCUT2D eigenvalue weighted by atomic mass is 10.1. The number of carbonyl (C=O) groups excluding carboxylic acids is 1. The second kappa shape index (κ2) is 13.6. The first kappa shape index (κ1) is 30.0. The van der Waals surface area contributed by atoms with E-state index in [2.05, 4.69) is 15.1 Å². The van der Waals surface area contributed by atoms with Crippen molar-refractivity contribution in [2.75, 3.05) is 19.7 Å². The molecule has 0 atom stereocenters. The summed E-state index contributed by atoms with van der Waals surface area (Å²) >= 11 is 5.95. The summed E-state index contributed by atoms with van der Waals surface area (Å²) < 4.78 is 35.6. The van der Waals surface area contributed by atoms with Gasteiger partial charge in [0.05, 0.1) is 24.3 Å². The Hall–Kier alpha value is -3.92. The van der Waals surface area contributed by atoms with E-state index in [9.17, 15) is 13.2 Å². The van der Waals surface area contributed by atoms with Crippen LogP contribution in [0.2, 0.25) is 5.02 Å². The van der Waals surface area contributed by atoms with Crippen molar-refractivity contribution in [3.63, 3.8) is 0 Å². The quantitative estimate of drug-likeness (QED) is 0.173. The van der Waals surface area contributed by atoms with Crippen LogP contribution in [0.15, 0.2) is 94.9 Å². The van der Waals surface area contributed by atoms with E-state index in [4.69, 9.17) is 16.3 Å². The molecular weight excluding hydrogens is 560 g/mol. The molecule has 0 bridgehead atoms. The minimum atomic E-state index is -3.96. The number of hydrogen-bond donors (Lipinski definition) is 1. The molecule has 3 aromatic carbocycles. The first-order valence-corrected chi connectivity index (χ1v) is 15.0. The van der Waals surface area contributed by atoms with Gasteiger partial charge in [0.15, 0.2) is 0 Å². The summed E-state index contributed by atoms with van der Waals surface area (Å²) in [6.07, 6.45) is 2.01. The SMILES string of the molecule is CCOc1ccc(-n2c(C)cc(/C=N/NC(=O)CN(CCc3ccccc3)S(=O)(=O)c3ccc(Cl)cc3)c2C)cc1. The number of sulfonamides is 1. The molecule has 1 amide bonds. The number of amides is 1. The summed E-state index contributed by atoms with van der Waals surface area (Å²) in [5, 5.41) is 4.55. The van der Waals surface area contributed by atoms with Crippen molar-refractivity contribution in [3.8, 4) is 11.4 Å². The molecule has 214 valence electrons. The van der Waals surface area contributed by atoms with Crippen molar-refractivity contribution in [2.45, 2.75) is 32.1 Å². The van der Waals surface area contributed by atoms with Crippen molar-refractivity contribution in [1.29, 1.82) is 0 Å². The lowest BCUT2D eigenvalue weighted by Gasteiger charge is -2.21. The minimum absolute atomic E-state index is 0.0630. The van der Waals surface area contributed by atoms with Crippen LogP contribution < -0.4 is 10.2 Å². The van der Waals surface area contributed by atoms with Crippen molar-refractivity contribution in [2.24, 2.45) is 5.10 Å². The number of nitrogens with one attached hydrogen (secondary N) is 1. The molecule has 0 spiro atoms. The fourth-order valence-electron chi connectivity index (χ4n) is 4.48. The van der Waals surface area contributed by atoms with E-state index >= 15 is 0 Å². The molecule has 1 aromatic heterocycles. The smallest absolute Gasteiger partial charge is 0.255 e. The average Bonchev–Trinajstić information content (AvgIpc) is 3.24. The third kappa shape index (κ3) is 7.64. The Morgan fingerprint density at radius 1 is 1.02 bits per heavy atom. The van der Waals surface area contributed by atoms with Crippen molar-refractivity contribution < 1.29 is 17.9 Å². The molecule has 4 rings (SSSR count). The number of aryl methyl sites for hydroxylation is 1. The monoisotopic (exact) mass is 592 g/mol. The second-order valence-corrected chi connectivity index (χ2v) is 11.8. The van der Waals surface area contributed by atoms with Gasteiger partial charge in [-0.3, -0.25) is 4.79 Å². The molecular formula is C31H33ClN4O4S. The first-order valence-electron chi connectivity index (χ1n) is 13.2. The molecule has 0 unspecified atom stereocenters. The summed E-state index contributed by atoms with van der Waals surface area (Å²) in [6.45, 7) is 6.24. The number of carbonyl (C=O) groups is 1. The van der Waals surface area contributed by atoms with Crippen LogP contribution in [-0.4, -0.2) is 49.1 Å². The zero-order chi connectivity index (χ0) is 29.4. The molecule has 0 radical (unpaired) electrons. The number of aromatic nitrogens is 1. The second-order valence-electron chi connectivity index (χ2n) is 9.41. The third-order valence-electron chi connectivity index (χ3n) is 6.53. The molecule has 0 fully saturated rings. The topological polar surface area (TPSA) is 93.0 Å². The normalized spacial score (nSPS) is 11.7. The van der Waals surface area contributed by atoms with Crippen molar-refractivity contribution >= 4 is 33.7 Å². The van der Waals surface area contributed by atoms with Gasteiger partial charge < -0.3 is 9.30 Å². The van der Waals surface area contributed by atoms with Gasteiger partial charge in [0.1, 0.15) is 5.75 Å². The third-order valence-corrected chi connectivity index (χ3v) is 8.64. The minimum Gasteiger partial charge on any atom is -0.494 e. The number of ether oxygens (including phenoxy) is 1. The highest BCUT2D eigenvalue weighted by Gasteiger charge is 2.26. The van der Waals surface area contributed by atoms with E-state index in [0.717, 1.165) is 38.3 Å². The number of rotatable bonds is 12. The van der Waals surface area contributed by atoms with Crippen LogP contribution >= 0.6 is 11.6 Å². The highest BCUT2D eigenvalue weighted by Crippen LogP contribution is 2.22. The van der Waals surface area contributed by atoms with Crippen LogP contribution in [0.4, 0.5) is 0 Å². The number of hydrogen-bond acceptors (Lipinski definition) is 5. The van der Waals surface area contributed by atoms with Gasteiger partial charge in [0.2, 0.25) is 10.0 Å². The maximum absolute atomic E-state index is 13.4. The summed E-state index contributed by atoms with van der Waals surface area (Å²) in [5.74, 6) is 0.256. The number of hydrazone groups is 1. The van der Waals surface area contributed by atoms with Gasteiger partial charge >= 0.3 is 0 Å². The predicted octanol–water partition coefficient (Wildman–Crippen LogP) is 5.53. The average molecular weight is 593 g/mol. The summed E-state index contributed by atoms with van der Waals surface area (Å²) in [5.41, 5.74) is 7.20. The molecule has 10 heteroatoms. The van der Waals surface area contributed by atoms with Crippen LogP contribution in [0.1, 0.15) is 29.4 Å². The Labute approximate surface area is 246 Å². The highest BCUT2D eigenvalue weighted by molar-refractivity contribution is 7.89.